The topological polar surface area (TPSA) is 72.5 Å². The molecule has 0 saturated carbocycles. The Morgan fingerprint density at radius 3 is 2.22 bits per heavy atom. The summed E-state index contributed by atoms with van der Waals surface area (Å²) in [5.74, 6) is 0.172. The van der Waals surface area contributed by atoms with Crippen LogP contribution < -0.4 is 9.46 Å². The van der Waals surface area contributed by atoms with Crippen molar-refractivity contribution in [2.75, 3.05) is 11.8 Å². The summed E-state index contributed by atoms with van der Waals surface area (Å²) in [7, 11) is -2.53. The summed E-state index contributed by atoms with van der Waals surface area (Å²) < 4.78 is 32.2. The van der Waals surface area contributed by atoms with Gasteiger partial charge in [-0.1, -0.05) is 23.2 Å². The number of benzene rings is 2. The van der Waals surface area contributed by atoms with Crippen LogP contribution in [0.4, 0.5) is 5.69 Å². The summed E-state index contributed by atoms with van der Waals surface area (Å²) in [5.41, 5.74) is 0.788. The maximum atomic E-state index is 12.4. The number of carbonyl (C=O) groups is 1. The number of nitrogens with one attached hydrogen (secondary N) is 1. The Hall–Kier alpha value is -1.76. The monoisotopic (exact) mass is 373 g/mol. The molecule has 0 atom stereocenters. The fourth-order valence-electron chi connectivity index (χ4n) is 1.86. The first kappa shape index (κ1) is 17.6. The Kier molecular flexibility index (Phi) is 5.19. The second-order valence-electron chi connectivity index (χ2n) is 4.66. The molecule has 0 amide bonds. The fraction of sp³-hybridized carbons (Fsp3) is 0.133. The van der Waals surface area contributed by atoms with Gasteiger partial charge in [0.2, 0.25) is 0 Å². The third-order valence-corrected chi connectivity index (χ3v) is 5.18. The van der Waals surface area contributed by atoms with Crippen molar-refractivity contribution < 1.29 is 17.9 Å². The average Bonchev–Trinajstić information content (AvgIpc) is 2.49. The van der Waals surface area contributed by atoms with E-state index in [0.29, 0.717) is 11.3 Å². The predicted molar refractivity (Wildman–Crippen MR) is 90.3 cm³/mol. The van der Waals surface area contributed by atoms with Crippen molar-refractivity contribution in [3.8, 4) is 5.75 Å². The molecule has 122 valence electrons. The SMILES string of the molecule is COc1cc(Cl)c(S(=O)(=O)Nc2ccc(C(C)=O)cc2)cc1Cl. The van der Waals surface area contributed by atoms with E-state index in [0.717, 1.165) is 0 Å². The zero-order valence-electron chi connectivity index (χ0n) is 12.3. The molecular formula is C15H13Cl2NO4S. The Labute approximate surface area is 144 Å². The molecule has 5 nitrogen and oxygen atoms in total. The highest BCUT2D eigenvalue weighted by molar-refractivity contribution is 7.92. The summed E-state index contributed by atoms with van der Waals surface area (Å²) in [6, 6.07) is 8.60. The highest BCUT2D eigenvalue weighted by Gasteiger charge is 2.20. The van der Waals surface area contributed by atoms with Gasteiger partial charge in [-0.15, -0.1) is 0 Å². The van der Waals surface area contributed by atoms with Gasteiger partial charge in [0, 0.05) is 17.3 Å². The summed E-state index contributed by atoms with van der Waals surface area (Å²) in [6.45, 7) is 1.43. The van der Waals surface area contributed by atoms with Crippen molar-refractivity contribution >= 4 is 44.7 Å². The van der Waals surface area contributed by atoms with Gasteiger partial charge in [-0.3, -0.25) is 9.52 Å². The molecule has 1 N–H and O–H groups in total. The van der Waals surface area contributed by atoms with E-state index in [1.165, 1.54) is 50.4 Å². The van der Waals surface area contributed by atoms with Gasteiger partial charge in [-0.2, -0.15) is 0 Å². The van der Waals surface area contributed by atoms with Crippen LogP contribution in [0.1, 0.15) is 17.3 Å². The van der Waals surface area contributed by atoms with Crippen LogP contribution in [0, 0.1) is 0 Å². The van der Waals surface area contributed by atoms with Crippen LogP contribution in [0.25, 0.3) is 0 Å². The van der Waals surface area contributed by atoms with E-state index in [4.69, 9.17) is 27.9 Å². The molecule has 0 bridgehead atoms. The minimum Gasteiger partial charge on any atom is -0.495 e. The molecule has 0 spiro atoms. The molecule has 2 aromatic carbocycles. The van der Waals surface area contributed by atoms with Crippen LogP contribution in [0.3, 0.4) is 0 Å². The van der Waals surface area contributed by atoms with Crippen molar-refractivity contribution in [3.63, 3.8) is 0 Å². The number of halogens is 2. The summed E-state index contributed by atoms with van der Waals surface area (Å²) in [4.78, 5) is 11.1. The minimum atomic E-state index is -3.93. The second kappa shape index (κ2) is 6.78. The average molecular weight is 374 g/mol. The van der Waals surface area contributed by atoms with E-state index in [-0.39, 0.29) is 26.5 Å². The van der Waals surface area contributed by atoms with Gasteiger partial charge in [0.05, 0.1) is 17.2 Å². The Balaban J connectivity index is 2.35. The first-order chi connectivity index (χ1) is 10.7. The smallest absolute Gasteiger partial charge is 0.263 e. The quantitative estimate of drug-likeness (QED) is 0.803. The molecule has 23 heavy (non-hydrogen) atoms. The van der Waals surface area contributed by atoms with Gasteiger partial charge in [0.25, 0.3) is 10.0 Å². The van der Waals surface area contributed by atoms with Gasteiger partial charge in [-0.05, 0) is 37.3 Å². The molecule has 0 aliphatic heterocycles. The molecular weight excluding hydrogens is 361 g/mol. The van der Waals surface area contributed by atoms with Crippen LogP contribution >= 0.6 is 23.2 Å². The maximum Gasteiger partial charge on any atom is 0.263 e. The number of hydrogen-bond acceptors (Lipinski definition) is 4. The zero-order chi connectivity index (χ0) is 17.2. The van der Waals surface area contributed by atoms with E-state index >= 15 is 0 Å². The molecule has 0 aliphatic rings. The van der Waals surface area contributed by atoms with Gasteiger partial charge >= 0.3 is 0 Å². The number of carbonyl (C=O) groups excluding carboxylic acids is 1. The standard InChI is InChI=1S/C15H13Cl2NO4S/c1-9(19)10-3-5-11(6-4-10)18-23(20,21)15-8-12(16)14(22-2)7-13(15)17/h3-8,18H,1-2H3. The van der Waals surface area contributed by atoms with Crippen molar-refractivity contribution in [3.05, 3.63) is 52.0 Å². The number of anilines is 1. The van der Waals surface area contributed by atoms with Crippen LogP contribution in [0.15, 0.2) is 41.3 Å². The van der Waals surface area contributed by atoms with E-state index in [1.54, 1.807) is 0 Å². The van der Waals surface area contributed by atoms with Crippen molar-refractivity contribution in [1.29, 1.82) is 0 Å². The lowest BCUT2D eigenvalue weighted by molar-refractivity contribution is 0.101. The summed E-state index contributed by atoms with van der Waals surface area (Å²) >= 11 is 11.9. The van der Waals surface area contributed by atoms with E-state index < -0.39 is 10.0 Å². The number of hydrogen-bond donors (Lipinski definition) is 1. The number of Topliss-reactive ketones (excluding diaryl/α,β-unsaturated/α-hetero) is 1. The predicted octanol–water partition coefficient (Wildman–Crippen LogP) is 4.01. The molecule has 8 heteroatoms. The first-order valence-corrected chi connectivity index (χ1v) is 8.65. The van der Waals surface area contributed by atoms with E-state index in [9.17, 15) is 13.2 Å². The first-order valence-electron chi connectivity index (χ1n) is 6.41. The molecule has 0 aromatic heterocycles. The fourth-order valence-corrected chi connectivity index (χ4v) is 3.76. The number of rotatable bonds is 5. The van der Waals surface area contributed by atoms with Gasteiger partial charge < -0.3 is 4.74 Å². The van der Waals surface area contributed by atoms with Crippen molar-refractivity contribution in [2.24, 2.45) is 0 Å². The van der Waals surface area contributed by atoms with Gasteiger partial charge in [0.1, 0.15) is 10.6 Å². The third-order valence-electron chi connectivity index (χ3n) is 3.04. The third kappa shape index (κ3) is 3.96. The molecule has 0 saturated heterocycles. The number of ether oxygens (including phenoxy) is 1. The Morgan fingerprint density at radius 1 is 1.09 bits per heavy atom. The van der Waals surface area contributed by atoms with Crippen LogP contribution in [0.2, 0.25) is 10.0 Å². The minimum absolute atomic E-state index is 0.0147. The summed E-state index contributed by atoms with van der Waals surface area (Å²) in [6.07, 6.45) is 0. The van der Waals surface area contributed by atoms with Gasteiger partial charge in [0.15, 0.2) is 5.78 Å². The molecule has 2 rings (SSSR count). The number of sulfonamides is 1. The Bertz CT molecular complexity index is 849. The van der Waals surface area contributed by atoms with Crippen LogP contribution in [-0.2, 0) is 10.0 Å². The van der Waals surface area contributed by atoms with Gasteiger partial charge in [-0.25, -0.2) is 8.42 Å². The maximum absolute atomic E-state index is 12.4. The molecule has 2 aromatic rings. The van der Waals surface area contributed by atoms with Crippen LogP contribution in [0.5, 0.6) is 5.75 Å². The molecule has 0 heterocycles. The van der Waals surface area contributed by atoms with Crippen LogP contribution in [-0.4, -0.2) is 21.3 Å². The molecule has 0 fully saturated rings. The Morgan fingerprint density at radius 2 is 1.70 bits per heavy atom. The lowest BCUT2D eigenvalue weighted by Crippen LogP contribution is -2.13. The number of ketones is 1. The summed E-state index contributed by atoms with van der Waals surface area (Å²) in [5, 5.41) is 0.114. The molecule has 0 unspecified atom stereocenters. The second-order valence-corrected chi connectivity index (χ2v) is 7.12. The normalized spacial score (nSPS) is 11.1. The highest BCUT2D eigenvalue weighted by Crippen LogP contribution is 2.34. The highest BCUT2D eigenvalue weighted by atomic mass is 35.5. The lowest BCUT2D eigenvalue weighted by atomic mass is 10.1. The number of methoxy groups -OCH3 is 1. The van der Waals surface area contributed by atoms with Crippen molar-refractivity contribution in [1.82, 2.24) is 0 Å². The zero-order valence-corrected chi connectivity index (χ0v) is 14.6. The largest absolute Gasteiger partial charge is 0.495 e. The van der Waals surface area contributed by atoms with Crippen molar-refractivity contribution in [2.45, 2.75) is 11.8 Å². The molecule has 0 radical (unpaired) electrons. The lowest BCUT2D eigenvalue weighted by Gasteiger charge is -2.12. The molecule has 0 aliphatic carbocycles. The van der Waals surface area contributed by atoms with E-state index in [1.807, 2.05) is 0 Å². The van der Waals surface area contributed by atoms with E-state index in [2.05, 4.69) is 4.72 Å².